The molecule has 0 aliphatic heterocycles. The van der Waals surface area contributed by atoms with Crippen molar-refractivity contribution in [3.8, 4) is 6.07 Å². The van der Waals surface area contributed by atoms with Gasteiger partial charge in [-0.05, 0) is 30.2 Å². The zero-order valence-corrected chi connectivity index (χ0v) is 11.9. The van der Waals surface area contributed by atoms with Gasteiger partial charge in [-0.15, -0.1) is 0 Å². The number of fused-ring (bicyclic) bond motifs is 1. The Labute approximate surface area is 127 Å². The maximum Gasteiger partial charge on any atom is 0.128 e. The van der Waals surface area contributed by atoms with Gasteiger partial charge in [-0.25, -0.2) is 4.39 Å². The number of hydrogen-bond donors (Lipinski definition) is 0. The van der Waals surface area contributed by atoms with E-state index in [2.05, 4.69) is 6.07 Å². The molecule has 0 fully saturated rings. The predicted octanol–water partition coefficient (Wildman–Crippen LogP) is 4.55. The summed E-state index contributed by atoms with van der Waals surface area (Å²) in [6.07, 6.45) is 0.798. The van der Waals surface area contributed by atoms with Gasteiger partial charge < -0.3 is 4.57 Å². The molecular formula is C17H12ClFN2. The van der Waals surface area contributed by atoms with Crippen molar-refractivity contribution in [1.29, 1.82) is 5.26 Å². The second-order valence-electron chi connectivity index (χ2n) is 4.83. The molecule has 4 heteroatoms. The molecule has 0 aliphatic carbocycles. The summed E-state index contributed by atoms with van der Waals surface area (Å²) in [5.41, 5.74) is 2.31. The molecule has 2 nitrogen and oxygen atoms in total. The largest absolute Gasteiger partial charge is 0.330 e. The van der Waals surface area contributed by atoms with E-state index >= 15 is 0 Å². The molecule has 2 aromatic carbocycles. The maximum absolute atomic E-state index is 13.4. The van der Waals surface area contributed by atoms with E-state index in [0.29, 0.717) is 22.6 Å². The Kier molecular flexibility index (Phi) is 3.64. The molecule has 0 unspecified atom stereocenters. The van der Waals surface area contributed by atoms with E-state index < -0.39 is 0 Å². The van der Waals surface area contributed by atoms with Gasteiger partial charge in [0.25, 0.3) is 0 Å². The zero-order valence-electron chi connectivity index (χ0n) is 11.2. The zero-order chi connectivity index (χ0) is 14.8. The van der Waals surface area contributed by atoms with Crippen LogP contribution in [0.1, 0.15) is 11.1 Å². The molecule has 0 bridgehead atoms. The number of nitriles is 1. The number of aromatic nitrogens is 1. The summed E-state index contributed by atoms with van der Waals surface area (Å²) in [7, 11) is 0. The first kappa shape index (κ1) is 13.7. The van der Waals surface area contributed by atoms with Crippen LogP contribution in [0.15, 0.2) is 48.5 Å². The fraction of sp³-hybridized carbons (Fsp3) is 0.118. The van der Waals surface area contributed by atoms with Crippen LogP contribution in [0, 0.1) is 17.1 Å². The molecule has 3 rings (SSSR count). The van der Waals surface area contributed by atoms with Crippen LogP contribution in [0.2, 0.25) is 5.15 Å². The van der Waals surface area contributed by atoms with E-state index in [1.54, 1.807) is 6.07 Å². The first-order chi connectivity index (χ1) is 10.2. The molecule has 0 aliphatic rings. The smallest absolute Gasteiger partial charge is 0.128 e. The minimum Gasteiger partial charge on any atom is -0.330 e. The minimum absolute atomic E-state index is 0.333. The lowest BCUT2D eigenvalue weighted by atomic mass is 10.1. The molecule has 0 amide bonds. The molecule has 1 heterocycles. The van der Waals surface area contributed by atoms with Crippen molar-refractivity contribution in [3.05, 3.63) is 70.6 Å². The third-order valence-electron chi connectivity index (χ3n) is 3.54. The fourth-order valence-corrected chi connectivity index (χ4v) is 2.83. The maximum atomic E-state index is 13.4. The summed E-state index contributed by atoms with van der Waals surface area (Å²) < 4.78 is 15.2. The van der Waals surface area contributed by atoms with E-state index in [1.807, 2.05) is 34.9 Å². The van der Waals surface area contributed by atoms with E-state index in [4.69, 9.17) is 11.6 Å². The van der Waals surface area contributed by atoms with Crippen LogP contribution < -0.4 is 0 Å². The number of nitrogens with zero attached hydrogens (tertiary/aromatic N) is 2. The number of halogens is 2. The van der Waals surface area contributed by atoms with Crippen LogP contribution in [0.3, 0.4) is 0 Å². The van der Waals surface area contributed by atoms with Crippen molar-refractivity contribution in [2.75, 3.05) is 0 Å². The summed E-state index contributed by atoms with van der Waals surface area (Å²) in [4.78, 5) is 0. The van der Waals surface area contributed by atoms with Crippen LogP contribution >= 0.6 is 11.6 Å². The Morgan fingerprint density at radius 2 is 1.90 bits per heavy atom. The number of aryl methyl sites for hydroxylation is 2. The van der Waals surface area contributed by atoms with Gasteiger partial charge in [-0.3, -0.25) is 0 Å². The van der Waals surface area contributed by atoms with Crippen LogP contribution in [0.25, 0.3) is 10.9 Å². The minimum atomic E-state index is -0.365. The molecule has 104 valence electrons. The van der Waals surface area contributed by atoms with Crippen molar-refractivity contribution in [2.45, 2.75) is 13.0 Å². The Hall–Kier alpha value is -2.31. The van der Waals surface area contributed by atoms with Gasteiger partial charge in [0.05, 0.1) is 11.1 Å². The van der Waals surface area contributed by atoms with Crippen molar-refractivity contribution in [1.82, 2.24) is 4.57 Å². The highest BCUT2D eigenvalue weighted by atomic mass is 35.5. The van der Waals surface area contributed by atoms with E-state index in [0.717, 1.165) is 11.9 Å². The van der Waals surface area contributed by atoms with Gasteiger partial charge in [0, 0.05) is 11.9 Å². The topological polar surface area (TPSA) is 28.7 Å². The van der Waals surface area contributed by atoms with Crippen molar-refractivity contribution < 1.29 is 4.39 Å². The van der Waals surface area contributed by atoms with Gasteiger partial charge in [0.1, 0.15) is 17.0 Å². The third-order valence-corrected chi connectivity index (χ3v) is 3.93. The van der Waals surface area contributed by atoms with E-state index in [1.165, 1.54) is 17.7 Å². The lowest BCUT2D eigenvalue weighted by Gasteiger charge is -2.07. The van der Waals surface area contributed by atoms with Crippen LogP contribution in [-0.2, 0) is 13.0 Å². The molecule has 0 N–H and O–H groups in total. The van der Waals surface area contributed by atoms with Gasteiger partial charge in [-0.2, -0.15) is 5.26 Å². The van der Waals surface area contributed by atoms with Crippen LogP contribution in [-0.4, -0.2) is 4.57 Å². The predicted molar refractivity (Wildman–Crippen MR) is 81.8 cm³/mol. The number of rotatable bonds is 3. The quantitative estimate of drug-likeness (QED) is 0.697. The highest BCUT2D eigenvalue weighted by molar-refractivity contribution is 6.32. The molecule has 1 aromatic heterocycles. The average Bonchev–Trinajstić information content (AvgIpc) is 2.76. The van der Waals surface area contributed by atoms with E-state index in [9.17, 15) is 9.65 Å². The Bertz CT molecular complexity index is 831. The third kappa shape index (κ3) is 2.51. The molecular weight excluding hydrogens is 287 g/mol. The summed E-state index contributed by atoms with van der Waals surface area (Å²) in [5, 5.41) is 10.2. The molecule has 3 aromatic rings. The second kappa shape index (κ2) is 5.59. The fourth-order valence-electron chi connectivity index (χ4n) is 2.51. The van der Waals surface area contributed by atoms with Gasteiger partial charge in [-0.1, -0.05) is 41.9 Å². The Morgan fingerprint density at radius 3 is 2.62 bits per heavy atom. The average molecular weight is 299 g/mol. The number of hydrogen-bond acceptors (Lipinski definition) is 1. The standard InChI is InChI=1S/C17H12ClFN2/c18-17-15(11-20)14-10-13(19)6-7-16(14)21(17)9-8-12-4-2-1-3-5-12/h1-7,10H,8-9H2. The lowest BCUT2D eigenvalue weighted by Crippen LogP contribution is -2.01. The van der Waals surface area contributed by atoms with Gasteiger partial charge in [0.15, 0.2) is 0 Å². The molecule has 0 atom stereocenters. The SMILES string of the molecule is N#Cc1c(Cl)n(CCc2ccccc2)c2ccc(F)cc12. The van der Waals surface area contributed by atoms with Gasteiger partial charge >= 0.3 is 0 Å². The second-order valence-corrected chi connectivity index (χ2v) is 5.18. The van der Waals surface area contributed by atoms with Crippen molar-refractivity contribution in [2.24, 2.45) is 0 Å². The lowest BCUT2D eigenvalue weighted by molar-refractivity contribution is 0.629. The first-order valence-electron chi connectivity index (χ1n) is 6.62. The Morgan fingerprint density at radius 1 is 1.14 bits per heavy atom. The van der Waals surface area contributed by atoms with Crippen LogP contribution in [0.4, 0.5) is 4.39 Å². The number of benzene rings is 2. The Balaban J connectivity index is 2.02. The van der Waals surface area contributed by atoms with Gasteiger partial charge in [0.2, 0.25) is 0 Å². The normalized spacial score (nSPS) is 10.7. The van der Waals surface area contributed by atoms with Crippen molar-refractivity contribution in [3.63, 3.8) is 0 Å². The van der Waals surface area contributed by atoms with E-state index in [-0.39, 0.29) is 5.82 Å². The molecule has 0 saturated heterocycles. The van der Waals surface area contributed by atoms with Crippen LogP contribution in [0.5, 0.6) is 0 Å². The molecule has 21 heavy (non-hydrogen) atoms. The highest BCUT2D eigenvalue weighted by Gasteiger charge is 2.15. The monoisotopic (exact) mass is 298 g/mol. The molecule has 0 radical (unpaired) electrons. The summed E-state index contributed by atoms with van der Waals surface area (Å²) in [6, 6.07) is 16.5. The molecule has 0 saturated carbocycles. The summed E-state index contributed by atoms with van der Waals surface area (Å²) >= 11 is 6.29. The van der Waals surface area contributed by atoms with Crippen molar-refractivity contribution >= 4 is 22.5 Å². The summed E-state index contributed by atoms with van der Waals surface area (Å²) in [6.45, 7) is 0.645. The highest BCUT2D eigenvalue weighted by Crippen LogP contribution is 2.30. The first-order valence-corrected chi connectivity index (χ1v) is 7.00. The summed E-state index contributed by atoms with van der Waals surface area (Å²) in [5.74, 6) is -0.365. The molecule has 0 spiro atoms.